The Kier molecular flexibility index (Phi) is 19.2. The predicted molar refractivity (Wildman–Crippen MR) is 85.3 cm³/mol. The van der Waals surface area contributed by atoms with Crippen molar-refractivity contribution in [3.8, 4) is 0 Å². The van der Waals surface area contributed by atoms with Gasteiger partial charge in [-0.05, 0) is 0 Å². The summed E-state index contributed by atoms with van der Waals surface area (Å²) in [4.78, 5) is 22.0. The van der Waals surface area contributed by atoms with Gasteiger partial charge in [-0.1, -0.05) is 13.8 Å². The first-order valence-corrected chi connectivity index (χ1v) is 8.00. The molecular formula is C15H29FN2O6V. The Bertz CT molecular complexity index is 350. The first kappa shape index (κ1) is 26.5. The fraction of sp³-hybridized carbons (Fsp3) is 0.867. The van der Waals surface area contributed by atoms with Gasteiger partial charge in [-0.2, -0.15) is 0 Å². The summed E-state index contributed by atoms with van der Waals surface area (Å²) < 4.78 is 28.9. The van der Waals surface area contributed by atoms with Crippen LogP contribution in [0.2, 0.25) is 0 Å². The van der Waals surface area contributed by atoms with Crippen LogP contribution in [0, 0.1) is 5.92 Å². The summed E-state index contributed by atoms with van der Waals surface area (Å²) in [5, 5.41) is 13.4. The van der Waals surface area contributed by atoms with Crippen LogP contribution < -0.4 is 10.6 Å². The van der Waals surface area contributed by atoms with E-state index in [2.05, 4.69) is 10.6 Å². The van der Waals surface area contributed by atoms with Crippen molar-refractivity contribution in [3.63, 3.8) is 0 Å². The summed E-state index contributed by atoms with van der Waals surface area (Å²) in [7, 11) is 0. The molecule has 0 heterocycles. The average Bonchev–Trinajstić information content (AvgIpc) is 2.56. The van der Waals surface area contributed by atoms with Crippen LogP contribution in [0.3, 0.4) is 0 Å². The fourth-order valence-corrected chi connectivity index (χ4v) is 1.44. The molecule has 1 atom stereocenters. The number of carbonyl (C=O) groups is 2. The first-order chi connectivity index (χ1) is 11.5. The Labute approximate surface area is 160 Å². The average molecular weight is 403 g/mol. The van der Waals surface area contributed by atoms with Crippen LogP contribution in [0.15, 0.2) is 0 Å². The van der Waals surface area contributed by atoms with Crippen LogP contribution in [0.25, 0.3) is 0 Å². The Balaban J connectivity index is 0. The van der Waals surface area contributed by atoms with Crippen LogP contribution in [0.1, 0.15) is 13.8 Å². The van der Waals surface area contributed by atoms with Gasteiger partial charge < -0.3 is 30.0 Å². The zero-order valence-electron chi connectivity index (χ0n) is 14.8. The van der Waals surface area contributed by atoms with Crippen LogP contribution in [0.5, 0.6) is 0 Å². The van der Waals surface area contributed by atoms with E-state index in [1.807, 2.05) is 0 Å². The molecule has 0 aromatic rings. The van der Waals surface area contributed by atoms with E-state index in [1.165, 1.54) is 0 Å². The molecule has 0 saturated carbocycles. The third-order valence-electron chi connectivity index (χ3n) is 2.78. The molecule has 0 spiro atoms. The molecule has 1 radical (unpaired) electrons. The van der Waals surface area contributed by atoms with Crippen molar-refractivity contribution < 1.29 is 51.9 Å². The van der Waals surface area contributed by atoms with Gasteiger partial charge in [0.25, 0.3) is 0 Å². The van der Waals surface area contributed by atoms with E-state index in [4.69, 9.17) is 19.3 Å². The van der Waals surface area contributed by atoms with Gasteiger partial charge in [0.05, 0.1) is 46.2 Å². The van der Waals surface area contributed by atoms with Crippen LogP contribution in [0.4, 0.5) is 4.39 Å². The monoisotopic (exact) mass is 403 g/mol. The number of halogens is 1. The van der Waals surface area contributed by atoms with Gasteiger partial charge in [0.1, 0.15) is 12.8 Å². The molecule has 8 nitrogen and oxygen atoms in total. The SMILES string of the molecule is CC(C)C(=O)NCC(F)COCCOCCOCCNC(=O)CO.[V]. The number of ether oxygens (including phenoxy) is 3. The van der Waals surface area contributed by atoms with Gasteiger partial charge in [-0.25, -0.2) is 4.39 Å². The Morgan fingerprint density at radius 2 is 1.56 bits per heavy atom. The zero-order chi connectivity index (χ0) is 18.2. The smallest absolute Gasteiger partial charge is 0.245 e. The second kappa shape index (κ2) is 18.1. The van der Waals surface area contributed by atoms with E-state index in [1.54, 1.807) is 13.8 Å². The van der Waals surface area contributed by atoms with Crippen LogP contribution in [-0.2, 0) is 42.4 Å². The zero-order valence-corrected chi connectivity index (χ0v) is 16.2. The minimum Gasteiger partial charge on any atom is -0.387 e. The quantitative estimate of drug-likeness (QED) is 0.311. The molecule has 0 fully saturated rings. The number of aliphatic hydroxyl groups is 1. The summed E-state index contributed by atoms with van der Waals surface area (Å²) in [6, 6.07) is 0. The normalized spacial score (nSPS) is 11.7. The van der Waals surface area contributed by atoms with Crippen molar-refractivity contribution >= 4 is 11.8 Å². The van der Waals surface area contributed by atoms with E-state index < -0.39 is 18.7 Å². The van der Waals surface area contributed by atoms with Crippen molar-refractivity contribution in [2.24, 2.45) is 5.92 Å². The molecule has 0 aliphatic carbocycles. The third-order valence-corrected chi connectivity index (χ3v) is 2.78. The second-order valence-corrected chi connectivity index (χ2v) is 5.30. The van der Waals surface area contributed by atoms with E-state index >= 15 is 0 Å². The van der Waals surface area contributed by atoms with Gasteiger partial charge in [0.15, 0.2) is 0 Å². The number of aliphatic hydroxyl groups excluding tert-OH is 1. The number of hydrogen-bond acceptors (Lipinski definition) is 6. The molecule has 0 aliphatic heterocycles. The van der Waals surface area contributed by atoms with Gasteiger partial charge in [0, 0.05) is 31.0 Å². The number of nitrogens with one attached hydrogen (secondary N) is 2. The molecule has 0 aromatic heterocycles. The van der Waals surface area contributed by atoms with Crippen molar-refractivity contribution in [2.75, 3.05) is 59.3 Å². The summed E-state index contributed by atoms with van der Waals surface area (Å²) in [5.74, 6) is -0.793. The standard InChI is InChI=1S/C15H29FN2O6.V/c1-12(2)15(21)18-9-13(16)11-24-8-7-23-6-5-22-4-3-17-14(20)10-19;/h12-13,19H,3-11H2,1-2H3,(H,17,20)(H,18,21);. The molecule has 2 amide bonds. The molecule has 1 unspecified atom stereocenters. The number of rotatable bonds is 15. The van der Waals surface area contributed by atoms with E-state index in [0.29, 0.717) is 33.0 Å². The van der Waals surface area contributed by atoms with Crippen molar-refractivity contribution in [1.29, 1.82) is 0 Å². The minimum atomic E-state index is -1.25. The van der Waals surface area contributed by atoms with Crippen molar-refractivity contribution in [2.45, 2.75) is 20.0 Å². The number of hydrogen-bond donors (Lipinski definition) is 3. The summed E-state index contributed by atoms with van der Waals surface area (Å²) in [6.45, 7) is 4.75. The Morgan fingerprint density at radius 3 is 2.12 bits per heavy atom. The van der Waals surface area contributed by atoms with Crippen molar-refractivity contribution in [3.05, 3.63) is 0 Å². The molecule has 25 heavy (non-hydrogen) atoms. The predicted octanol–water partition coefficient (Wildman–Crippen LogP) is -0.747. The number of alkyl halides is 1. The van der Waals surface area contributed by atoms with E-state index in [9.17, 15) is 14.0 Å². The van der Waals surface area contributed by atoms with Crippen molar-refractivity contribution in [1.82, 2.24) is 10.6 Å². The molecule has 0 saturated heterocycles. The third kappa shape index (κ3) is 17.9. The maximum Gasteiger partial charge on any atom is 0.245 e. The number of amides is 2. The van der Waals surface area contributed by atoms with Crippen LogP contribution >= 0.6 is 0 Å². The molecule has 0 bridgehead atoms. The molecule has 0 aromatic carbocycles. The van der Waals surface area contributed by atoms with Gasteiger partial charge in [-0.3, -0.25) is 9.59 Å². The molecule has 147 valence electrons. The maximum absolute atomic E-state index is 13.4. The van der Waals surface area contributed by atoms with E-state index in [0.717, 1.165) is 0 Å². The summed E-state index contributed by atoms with van der Waals surface area (Å²) >= 11 is 0. The first-order valence-electron chi connectivity index (χ1n) is 8.00. The fourth-order valence-electron chi connectivity index (χ4n) is 1.44. The second-order valence-electron chi connectivity index (χ2n) is 5.30. The summed E-state index contributed by atoms with van der Waals surface area (Å²) in [5.41, 5.74) is 0. The summed E-state index contributed by atoms with van der Waals surface area (Å²) in [6.07, 6.45) is -1.25. The van der Waals surface area contributed by atoms with Gasteiger partial charge >= 0.3 is 0 Å². The number of carbonyl (C=O) groups excluding carboxylic acids is 2. The molecule has 3 N–H and O–H groups in total. The maximum atomic E-state index is 13.4. The molecular weight excluding hydrogens is 374 g/mol. The Hall–Kier alpha value is -0.706. The van der Waals surface area contributed by atoms with Gasteiger partial charge in [-0.15, -0.1) is 0 Å². The van der Waals surface area contributed by atoms with Crippen LogP contribution in [-0.4, -0.2) is 82.4 Å². The minimum absolute atomic E-state index is 0. The Morgan fingerprint density at radius 1 is 1.00 bits per heavy atom. The topological polar surface area (TPSA) is 106 Å². The molecule has 0 rings (SSSR count). The van der Waals surface area contributed by atoms with E-state index in [-0.39, 0.29) is 50.1 Å². The largest absolute Gasteiger partial charge is 0.387 e. The molecule has 10 heteroatoms. The molecule has 0 aliphatic rings. The van der Waals surface area contributed by atoms with Gasteiger partial charge in [0.2, 0.25) is 11.8 Å².